The van der Waals surface area contributed by atoms with Gasteiger partial charge in [0.15, 0.2) is 0 Å². The molecule has 2 aromatic rings. The molecular formula is C18H21N3O3. The number of aromatic hydroxyl groups is 1. The molecule has 126 valence electrons. The number of hydrogen-bond acceptors (Lipinski definition) is 4. The van der Waals surface area contributed by atoms with Crippen LogP contribution in [0.3, 0.4) is 0 Å². The molecule has 1 atom stereocenters. The summed E-state index contributed by atoms with van der Waals surface area (Å²) in [5.74, 6) is 0.184. The molecule has 6 heteroatoms. The van der Waals surface area contributed by atoms with Crippen LogP contribution in [-0.4, -0.2) is 40.3 Å². The third-order valence-electron chi connectivity index (χ3n) is 4.00. The van der Waals surface area contributed by atoms with E-state index in [0.29, 0.717) is 24.3 Å². The summed E-state index contributed by atoms with van der Waals surface area (Å²) >= 11 is 0. The number of phenolic OH excluding ortho intramolecular Hbond substituents is 1. The van der Waals surface area contributed by atoms with Gasteiger partial charge in [0.2, 0.25) is 0 Å². The number of benzene rings is 1. The fourth-order valence-electron chi connectivity index (χ4n) is 2.74. The summed E-state index contributed by atoms with van der Waals surface area (Å²) in [7, 11) is 0. The van der Waals surface area contributed by atoms with Crippen LogP contribution in [-0.2, 0) is 11.3 Å². The number of nitrogens with zero attached hydrogens (tertiary/aromatic N) is 2. The smallest absolute Gasteiger partial charge is 0.322 e. The quantitative estimate of drug-likeness (QED) is 0.885. The molecule has 0 unspecified atom stereocenters. The molecule has 3 rings (SSSR count). The predicted molar refractivity (Wildman–Crippen MR) is 90.7 cm³/mol. The normalized spacial score (nSPS) is 16.8. The monoisotopic (exact) mass is 327 g/mol. The molecule has 1 aromatic heterocycles. The number of ether oxygens (including phenoxy) is 1. The average molecular weight is 327 g/mol. The average Bonchev–Trinajstić information content (AvgIpc) is 3.10. The highest BCUT2D eigenvalue weighted by Crippen LogP contribution is 2.21. The first kappa shape index (κ1) is 16.3. The number of anilines is 1. The van der Waals surface area contributed by atoms with E-state index in [4.69, 9.17) is 4.74 Å². The lowest BCUT2D eigenvalue weighted by Crippen LogP contribution is -2.39. The van der Waals surface area contributed by atoms with Gasteiger partial charge in [-0.15, -0.1) is 0 Å². The highest BCUT2D eigenvalue weighted by molar-refractivity contribution is 5.89. The molecule has 1 aliphatic rings. The topological polar surface area (TPSA) is 74.7 Å². The number of pyridine rings is 1. The van der Waals surface area contributed by atoms with Crippen molar-refractivity contribution in [2.75, 3.05) is 18.5 Å². The number of amides is 2. The van der Waals surface area contributed by atoms with Gasteiger partial charge in [0.05, 0.1) is 24.5 Å². The highest BCUT2D eigenvalue weighted by Gasteiger charge is 2.23. The Morgan fingerprint density at radius 1 is 1.33 bits per heavy atom. The minimum absolute atomic E-state index is 0.0375. The van der Waals surface area contributed by atoms with E-state index in [1.165, 1.54) is 0 Å². The van der Waals surface area contributed by atoms with Crippen molar-refractivity contribution in [1.29, 1.82) is 0 Å². The third kappa shape index (κ3) is 4.23. The van der Waals surface area contributed by atoms with Crippen LogP contribution in [0.15, 0.2) is 48.8 Å². The van der Waals surface area contributed by atoms with Gasteiger partial charge >= 0.3 is 6.03 Å². The number of phenols is 1. The van der Waals surface area contributed by atoms with Gasteiger partial charge < -0.3 is 20.1 Å². The minimum atomic E-state index is -0.234. The minimum Gasteiger partial charge on any atom is -0.508 e. The molecule has 0 saturated carbocycles. The maximum atomic E-state index is 12.7. The van der Waals surface area contributed by atoms with Crippen LogP contribution < -0.4 is 5.32 Å². The Bertz CT molecular complexity index is 672. The number of carbonyl (C=O) groups excluding carboxylic acids is 1. The number of aromatic nitrogens is 1. The Balaban J connectivity index is 1.73. The predicted octanol–water partition coefficient (Wildman–Crippen LogP) is 3.00. The van der Waals surface area contributed by atoms with Crippen LogP contribution in [0.4, 0.5) is 10.5 Å². The van der Waals surface area contributed by atoms with Crippen molar-refractivity contribution >= 4 is 11.7 Å². The molecule has 0 radical (unpaired) electrons. The van der Waals surface area contributed by atoms with E-state index in [1.807, 2.05) is 12.1 Å². The summed E-state index contributed by atoms with van der Waals surface area (Å²) in [4.78, 5) is 18.3. The zero-order chi connectivity index (χ0) is 16.8. The maximum absolute atomic E-state index is 12.7. The van der Waals surface area contributed by atoms with Crippen molar-refractivity contribution in [3.63, 3.8) is 0 Å². The van der Waals surface area contributed by atoms with Crippen LogP contribution in [0.1, 0.15) is 18.4 Å². The van der Waals surface area contributed by atoms with Gasteiger partial charge in [0.1, 0.15) is 5.75 Å². The molecule has 2 N–H and O–H groups in total. The van der Waals surface area contributed by atoms with Crippen molar-refractivity contribution in [1.82, 2.24) is 9.88 Å². The van der Waals surface area contributed by atoms with E-state index in [1.54, 1.807) is 41.6 Å². The summed E-state index contributed by atoms with van der Waals surface area (Å²) in [6.07, 6.45) is 5.25. The number of urea groups is 1. The van der Waals surface area contributed by atoms with Crippen molar-refractivity contribution < 1.29 is 14.6 Å². The Morgan fingerprint density at radius 3 is 2.92 bits per heavy atom. The fraction of sp³-hybridized carbons (Fsp3) is 0.333. The second-order valence-electron chi connectivity index (χ2n) is 5.82. The molecule has 1 fully saturated rings. The van der Waals surface area contributed by atoms with Crippen LogP contribution in [0.2, 0.25) is 0 Å². The molecule has 24 heavy (non-hydrogen) atoms. The highest BCUT2D eigenvalue weighted by atomic mass is 16.5. The molecule has 0 bridgehead atoms. The van der Waals surface area contributed by atoms with Crippen molar-refractivity contribution in [3.05, 3.63) is 54.4 Å². The molecule has 1 aliphatic heterocycles. The van der Waals surface area contributed by atoms with E-state index in [-0.39, 0.29) is 17.9 Å². The van der Waals surface area contributed by atoms with Crippen LogP contribution in [0.25, 0.3) is 0 Å². The molecule has 6 nitrogen and oxygen atoms in total. The largest absolute Gasteiger partial charge is 0.508 e. The Morgan fingerprint density at radius 2 is 2.21 bits per heavy atom. The maximum Gasteiger partial charge on any atom is 0.322 e. The van der Waals surface area contributed by atoms with E-state index in [9.17, 15) is 9.90 Å². The lowest BCUT2D eigenvalue weighted by molar-refractivity contribution is 0.0817. The lowest BCUT2D eigenvalue weighted by Gasteiger charge is -2.26. The molecule has 2 heterocycles. The first-order valence-electron chi connectivity index (χ1n) is 8.07. The molecule has 2 amide bonds. The van der Waals surface area contributed by atoms with Crippen molar-refractivity contribution in [2.24, 2.45) is 0 Å². The van der Waals surface area contributed by atoms with Crippen LogP contribution in [0.5, 0.6) is 5.75 Å². The Kier molecular flexibility index (Phi) is 5.28. The second kappa shape index (κ2) is 7.79. The standard InChI is InChI=1S/C18H21N3O3/c22-17-8-2-1-5-14(17)12-21(13-16-7-4-10-24-16)18(23)20-15-6-3-9-19-11-15/h1-3,5-6,8-9,11,16,22H,4,7,10,12-13H2,(H,20,23)/t16-/m0/s1. The summed E-state index contributed by atoms with van der Waals surface area (Å²) in [6.45, 7) is 1.54. The van der Waals surface area contributed by atoms with E-state index < -0.39 is 0 Å². The third-order valence-corrected chi connectivity index (χ3v) is 4.00. The number of carbonyl (C=O) groups is 1. The lowest BCUT2D eigenvalue weighted by atomic mass is 10.1. The molecule has 0 aliphatic carbocycles. The summed E-state index contributed by atoms with van der Waals surface area (Å²) in [5, 5.41) is 12.8. The first-order valence-corrected chi connectivity index (χ1v) is 8.07. The Hall–Kier alpha value is -2.60. The SMILES string of the molecule is O=C(Nc1cccnc1)N(Cc1ccccc1O)C[C@@H]1CCCO1. The number of hydrogen-bond donors (Lipinski definition) is 2. The second-order valence-corrected chi connectivity index (χ2v) is 5.82. The molecule has 0 spiro atoms. The van der Waals surface area contributed by atoms with Gasteiger partial charge in [-0.1, -0.05) is 18.2 Å². The number of nitrogens with one attached hydrogen (secondary N) is 1. The molecule has 1 saturated heterocycles. The van der Waals surface area contributed by atoms with Gasteiger partial charge in [-0.3, -0.25) is 4.98 Å². The summed E-state index contributed by atoms with van der Waals surface area (Å²) < 4.78 is 5.66. The molecular weight excluding hydrogens is 306 g/mol. The van der Waals surface area contributed by atoms with Crippen molar-refractivity contribution in [2.45, 2.75) is 25.5 Å². The van der Waals surface area contributed by atoms with Gasteiger partial charge in [-0.25, -0.2) is 4.79 Å². The van der Waals surface area contributed by atoms with E-state index >= 15 is 0 Å². The van der Waals surface area contributed by atoms with Crippen LogP contribution >= 0.6 is 0 Å². The first-order chi connectivity index (χ1) is 11.7. The van der Waals surface area contributed by atoms with Crippen molar-refractivity contribution in [3.8, 4) is 5.75 Å². The van der Waals surface area contributed by atoms with E-state index in [2.05, 4.69) is 10.3 Å². The molecule has 1 aromatic carbocycles. The summed E-state index contributed by atoms with van der Waals surface area (Å²) in [6, 6.07) is 10.4. The van der Waals surface area contributed by atoms with E-state index in [0.717, 1.165) is 19.4 Å². The fourth-order valence-corrected chi connectivity index (χ4v) is 2.74. The Labute approximate surface area is 141 Å². The zero-order valence-corrected chi connectivity index (χ0v) is 13.4. The van der Waals surface area contributed by atoms with Gasteiger partial charge in [-0.05, 0) is 31.0 Å². The van der Waals surface area contributed by atoms with Gasteiger partial charge in [-0.2, -0.15) is 0 Å². The summed E-state index contributed by atoms with van der Waals surface area (Å²) in [5.41, 5.74) is 1.34. The number of rotatable bonds is 5. The van der Waals surface area contributed by atoms with Gasteiger partial charge in [0.25, 0.3) is 0 Å². The van der Waals surface area contributed by atoms with Gasteiger partial charge in [0, 0.05) is 24.9 Å². The van der Waals surface area contributed by atoms with Crippen LogP contribution in [0, 0.1) is 0 Å². The zero-order valence-electron chi connectivity index (χ0n) is 13.4. The number of para-hydroxylation sites is 1.